The summed E-state index contributed by atoms with van der Waals surface area (Å²) >= 11 is 0. The smallest absolute Gasteiger partial charge is 0.239 e. The van der Waals surface area contributed by atoms with Crippen molar-refractivity contribution in [2.45, 2.75) is 61.4 Å². The number of phenolic OH excluding ortho intramolecular Hbond substituents is 4. The van der Waals surface area contributed by atoms with E-state index >= 15 is 0 Å². The number of aromatic hydroxyl groups is 4. The summed E-state index contributed by atoms with van der Waals surface area (Å²) in [5, 5.41) is 111. The maximum Gasteiger partial charge on any atom is 0.239 e. The van der Waals surface area contributed by atoms with Crippen LogP contribution >= 0.6 is 0 Å². The van der Waals surface area contributed by atoms with Crippen molar-refractivity contribution >= 4 is 11.0 Å². The zero-order chi connectivity index (χ0) is 32.0. The SMILES string of the molecule is O=c1c(O[C@@H]2OC(CO)[C@H](O)[C@H](O[C@@H]3OC(CO)[C@@H](O)[C@H](O)C3O)C2O)c(-c2ccc(O)c(O)c2)oc2cc(O)cc(O)c12. The van der Waals surface area contributed by atoms with Crippen LogP contribution in [0.2, 0.25) is 0 Å². The second-order valence-electron chi connectivity index (χ2n) is 10.3. The van der Waals surface area contributed by atoms with Gasteiger partial charge in [-0.05, 0) is 18.2 Å². The standard InChI is InChI=1S/C27H30O17/c28-6-14-17(34)20(37)21(38)26(41-14)43-24-18(35)15(7-29)42-27(22(24)39)44-25-19(36)16-12(33)4-9(30)5-13(16)40-23(25)8-1-2-10(31)11(32)3-8/h1-5,14-15,17-18,20-22,24,26-35,37-39H,6-7H2/t14?,15?,17-,18+,20+,21?,22?,24+,26+,27+/m1/s1. The molecule has 0 spiro atoms. The van der Waals surface area contributed by atoms with Crippen LogP contribution in [-0.4, -0.2) is 131 Å². The zero-order valence-corrected chi connectivity index (χ0v) is 22.4. The average molecular weight is 627 g/mol. The Bertz CT molecular complexity index is 1560. The van der Waals surface area contributed by atoms with E-state index in [1.54, 1.807) is 0 Å². The number of rotatable bonds is 7. The van der Waals surface area contributed by atoms with Crippen LogP contribution in [0.1, 0.15) is 0 Å². The van der Waals surface area contributed by atoms with E-state index in [0.717, 1.165) is 24.3 Å². The molecule has 2 aromatic carbocycles. The lowest BCUT2D eigenvalue weighted by molar-refractivity contribution is -0.352. The van der Waals surface area contributed by atoms with Gasteiger partial charge in [-0.1, -0.05) is 0 Å². The van der Waals surface area contributed by atoms with E-state index < -0.39 is 120 Å². The number of hydrogen-bond donors (Lipinski definition) is 11. The molecule has 3 aromatic rings. The number of phenols is 4. The lowest BCUT2D eigenvalue weighted by atomic mass is 9.97. The van der Waals surface area contributed by atoms with Crippen molar-refractivity contribution in [3.8, 4) is 40.1 Å². The molecular weight excluding hydrogens is 596 g/mol. The van der Waals surface area contributed by atoms with Crippen molar-refractivity contribution in [1.29, 1.82) is 0 Å². The van der Waals surface area contributed by atoms with Crippen LogP contribution in [0.4, 0.5) is 0 Å². The highest BCUT2D eigenvalue weighted by Crippen LogP contribution is 2.40. The molecule has 3 heterocycles. The molecule has 11 N–H and O–H groups in total. The molecule has 1 aromatic heterocycles. The molecule has 0 amide bonds. The molecule has 2 saturated heterocycles. The summed E-state index contributed by atoms with van der Waals surface area (Å²) in [5.74, 6) is -3.49. The first kappa shape index (κ1) is 31.7. The first-order valence-corrected chi connectivity index (χ1v) is 13.2. The van der Waals surface area contributed by atoms with Gasteiger partial charge in [0.2, 0.25) is 17.5 Å². The second-order valence-corrected chi connectivity index (χ2v) is 10.3. The number of hydrogen-bond acceptors (Lipinski definition) is 17. The molecule has 2 aliphatic heterocycles. The monoisotopic (exact) mass is 626 g/mol. The van der Waals surface area contributed by atoms with Crippen molar-refractivity contribution in [3.63, 3.8) is 0 Å². The van der Waals surface area contributed by atoms with Gasteiger partial charge >= 0.3 is 0 Å². The van der Waals surface area contributed by atoms with Gasteiger partial charge in [0.15, 0.2) is 23.5 Å². The lowest BCUT2D eigenvalue weighted by Gasteiger charge is -2.45. The molecule has 0 saturated carbocycles. The van der Waals surface area contributed by atoms with Crippen LogP contribution < -0.4 is 10.2 Å². The third kappa shape index (κ3) is 5.61. The molecule has 0 radical (unpaired) electrons. The van der Waals surface area contributed by atoms with Crippen LogP contribution in [0.25, 0.3) is 22.3 Å². The van der Waals surface area contributed by atoms with Crippen LogP contribution in [0.5, 0.6) is 28.7 Å². The first-order valence-electron chi connectivity index (χ1n) is 13.2. The van der Waals surface area contributed by atoms with Gasteiger partial charge in [0.05, 0.1) is 13.2 Å². The molecule has 17 heteroatoms. The van der Waals surface area contributed by atoms with E-state index in [9.17, 15) is 61.0 Å². The molecule has 17 nitrogen and oxygen atoms in total. The minimum atomic E-state index is -2.04. The number of fused-ring (bicyclic) bond motifs is 1. The van der Waals surface area contributed by atoms with Crippen LogP contribution in [0, 0.1) is 0 Å². The van der Waals surface area contributed by atoms with Gasteiger partial charge in [-0.2, -0.15) is 0 Å². The number of ether oxygens (including phenoxy) is 4. The number of benzene rings is 2. The van der Waals surface area contributed by atoms with E-state index in [2.05, 4.69) is 0 Å². The molecule has 0 bridgehead atoms. The largest absolute Gasteiger partial charge is 0.508 e. The Morgan fingerprint density at radius 2 is 1.36 bits per heavy atom. The maximum atomic E-state index is 13.6. The summed E-state index contributed by atoms with van der Waals surface area (Å²) in [6, 6.07) is 5.14. The van der Waals surface area contributed by atoms with E-state index in [1.807, 2.05) is 0 Å². The molecule has 10 atom stereocenters. The summed E-state index contributed by atoms with van der Waals surface area (Å²) in [6.45, 7) is -1.68. The Morgan fingerprint density at radius 3 is 2.02 bits per heavy atom. The van der Waals surface area contributed by atoms with Gasteiger partial charge in [-0.3, -0.25) is 4.79 Å². The first-order chi connectivity index (χ1) is 20.9. The van der Waals surface area contributed by atoms with Crippen molar-refractivity contribution in [2.75, 3.05) is 13.2 Å². The van der Waals surface area contributed by atoms with Crippen LogP contribution in [0.3, 0.4) is 0 Å². The van der Waals surface area contributed by atoms with Gasteiger partial charge < -0.3 is 79.5 Å². The van der Waals surface area contributed by atoms with Crippen molar-refractivity contribution in [1.82, 2.24) is 0 Å². The highest BCUT2D eigenvalue weighted by atomic mass is 16.7. The normalized spacial score (nSPS) is 32.5. The quantitative estimate of drug-likeness (QED) is 0.119. The summed E-state index contributed by atoms with van der Waals surface area (Å²) in [7, 11) is 0. The van der Waals surface area contributed by atoms with Crippen molar-refractivity contribution in [2.24, 2.45) is 0 Å². The molecule has 2 aliphatic rings. The van der Waals surface area contributed by atoms with Crippen LogP contribution in [-0.2, 0) is 14.2 Å². The highest BCUT2D eigenvalue weighted by Gasteiger charge is 2.51. The van der Waals surface area contributed by atoms with Gasteiger partial charge in [-0.25, -0.2) is 0 Å². The van der Waals surface area contributed by atoms with E-state index in [-0.39, 0.29) is 11.1 Å². The topological polar surface area (TPSA) is 290 Å². The summed E-state index contributed by atoms with van der Waals surface area (Å²) < 4.78 is 27.8. The predicted molar refractivity (Wildman–Crippen MR) is 142 cm³/mol. The molecule has 0 aliphatic carbocycles. The van der Waals surface area contributed by atoms with Crippen molar-refractivity contribution < 1.29 is 79.5 Å². The van der Waals surface area contributed by atoms with E-state index in [4.69, 9.17) is 23.4 Å². The van der Waals surface area contributed by atoms with Gasteiger partial charge in [0.1, 0.15) is 71.3 Å². The Hall–Kier alpha value is -3.75. The average Bonchev–Trinajstić information content (AvgIpc) is 2.98. The molecular formula is C27H30O17. The van der Waals surface area contributed by atoms with Crippen LogP contribution in [0.15, 0.2) is 39.5 Å². The Morgan fingerprint density at radius 1 is 0.705 bits per heavy atom. The molecule has 5 rings (SSSR count). The zero-order valence-electron chi connectivity index (χ0n) is 22.4. The van der Waals surface area contributed by atoms with E-state index in [0.29, 0.717) is 0 Å². The third-order valence-corrected chi connectivity index (χ3v) is 7.35. The fourth-order valence-corrected chi connectivity index (χ4v) is 4.99. The minimum absolute atomic E-state index is 0.0599. The lowest BCUT2D eigenvalue weighted by Crippen LogP contribution is -2.65. The van der Waals surface area contributed by atoms with E-state index in [1.165, 1.54) is 6.07 Å². The number of aliphatic hydroxyl groups is 7. The molecule has 240 valence electrons. The molecule has 4 unspecified atom stereocenters. The fraction of sp³-hybridized carbons (Fsp3) is 0.444. The predicted octanol–water partition coefficient (Wildman–Crippen LogP) is -2.71. The second kappa shape index (κ2) is 12.3. The maximum absolute atomic E-state index is 13.6. The fourth-order valence-electron chi connectivity index (χ4n) is 4.99. The number of aliphatic hydroxyl groups excluding tert-OH is 7. The summed E-state index contributed by atoms with van der Waals surface area (Å²) in [6.07, 6.45) is -17.9. The van der Waals surface area contributed by atoms with Gasteiger partial charge in [0, 0.05) is 17.7 Å². The van der Waals surface area contributed by atoms with Gasteiger partial charge in [-0.15, -0.1) is 0 Å². The Labute approximate surface area is 246 Å². The summed E-state index contributed by atoms with van der Waals surface area (Å²) in [4.78, 5) is 13.6. The Kier molecular flexibility index (Phi) is 8.87. The highest BCUT2D eigenvalue weighted by molar-refractivity contribution is 5.88. The van der Waals surface area contributed by atoms with Crippen molar-refractivity contribution in [3.05, 3.63) is 40.6 Å². The molecule has 44 heavy (non-hydrogen) atoms. The molecule has 2 fully saturated rings. The summed E-state index contributed by atoms with van der Waals surface area (Å²) in [5.41, 5.74) is -1.43. The third-order valence-electron chi connectivity index (χ3n) is 7.35. The minimum Gasteiger partial charge on any atom is -0.508 e. The Balaban J connectivity index is 1.55. The van der Waals surface area contributed by atoms with Gasteiger partial charge in [0.25, 0.3) is 0 Å².